The molecule has 0 unspecified atom stereocenters. The third kappa shape index (κ3) is 3.67. The zero-order valence-corrected chi connectivity index (χ0v) is 12.7. The van der Waals surface area contributed by atoms with Gasteiger partial charge in [-0.25, -0.2) is 4.39 Å². The molecule has 1 aromatic carbocycles. The number of hydrogen-bond donors (Lipinski definition) is 3. The van der Waals surface area contributed by atoms with Gasteiger partial charge in [-0.15, -0.1) is 0 Å². The molecule has 1 aromatic rings. The molecular formula is C13H19BrFN3O. The lowest BCUT2D eigenvalue weighted by Gasteiger charge is -2.29. The van der Waals surface area contributed by atoms with Crippen molar-refractivity contribution in [3.05, 3.63) is 28.0 Å². The number of aliphatic hydroxyl groups is 1. The van der Waals surface area contributed by atoms with E-state index >= 15 is 0 Å². The van der Waals surface area contributed by atoms with Gasteiger partial charge in [-0.3, -0.25) is 5.41 Å². The summed E-state index contributed by atoms with van der Waals surface area (Å²) >= 11 is 3.15. The first-order valence-corrected chi connectivity index (χ1v) is 6.89. The van der Waals surface area contributed by atoms with Crippen molar-refractivity contribution >= 4 is 27.5 Å². The number of anilines is 1. The number of halogens is 2. The molecule has 0 bridgehead atoms. The maximum absolute atomic E-state index is 14.4. The minimum absolute atomic E-state index is 0.0670. The van der Waals surface area contributed by atoms with Crippen LogP contribution >= 0.6 is 15.9 Å². The average molecular weight is 332 g/mol. The van der Waals surface area contributed by atoms with Crippen molar-refractivity contribution < 1.29 is 9.50 Å². The lowest BCUT2D eigenvalue weighted by molar-refractivity contribution is 0.288. The van der Waals surface area contributed by atoms with E-state index in [1.807, 2.05) is 18.7 Å². The van der Waals surface area contributed by atoms with E-state index in [0.29, 0.717) is 24.2 Å². The average Bonchev–Trinajstić information content (AvgIpc) is 2.33. The van der Waals surface area contributed by atoms with E-state index in [2.05, 4.69) is 15.9 Å². The normalized spacial score (nSPS) is 10.8. The summed E-state index contributed by atoms with van der Waals surface area (Å²) in [6.07, 6.45) is 0.573. The molecule has 0 atom stereocenters. The quantitative estimate of drug-likeness (QED) is 0.553. The first kappa shape index (κ1) is 15.9. The topological polar surface area (TPSA) is 73.3 Å². The minimum atomic E-state index is -0.431. The van der Waals surface area contributed by atoms with E-state index in [1.54, 1.807) is 12.1 Å². The summed E-state index contributed by atoms with van der Waals surface area (Å²) in [5.41, 5.74) is 6.17. The zero-order chi connectivity index (χ0) is 14.6. The van der Waals surface area contributed by atoms with Gasteiger partial charge in [0.2, 0.25) is 0 Å². The molecule has 0 radical (unpaired) electrons. The van der Waals surface area contributed by atoms with Crippen molar-refractivity contribution in [3.8, 4) is 0 Å². The van der Waals surface area contributed by atoms with Gasteiger partial charge in [0.25, 0.3) is 0 Å². The van der Waals surface area contributed by atoms with Gasteiger partial charge in [-0.2, -0.15) is 0 Å². The van der Waals surface area contributed by atoms with Gasteiger partial charge in [0.05, 0.1) is 10.2 Å². The summed E-state index contributed by atoms with van der Waals surface area (Å²) < 4.78 is 14.6. The third-order valence-electron chi connectivity index (χ3n) is 2.84. The number of aliphatic hydroxyl groups excluding tert-OH is 1. The van der Waals surface area contributed by atoms with E-state index in [4.69, 9.17) is 16.2 Å². The van der Waals surface area contributed by atoms with Crippen LogP contribution in [-0.4, -0.2) is 30.1 Å². The fourth-order valence-corrected chi connectivity index (χ4v) is 2.42. The number of rotatable bonds is 6. The molecule has 0 aromatic heterocycles. The number of nitrogens with one attached hydrogen (secondary N) is 1. The Balaban J connectivity index is 3.18. The second kappa shape index (κ2) is 6.86. The first-order chi connectivity index (χ1) is 8.90. The van der Waals surface area contributed by atoms with Crippen LogP contribution in [0, 0.1) is 11.2 Å². The molecule has 0 aliphatic heterocycles. The van der Waals surface area contributed by atoms with Crippen LogP contribution in [0.25, 0.3) is 0 Å². The van der Waals surface area contributed by atoms with E-state index < -0.39 is 5.82 Å². The fraction of sp³-hybridized carbons (Fsp3) is 0.462. The summed E-state index contributed by atoms with van der Waals surface area (Å²) in [6.45, 7) is 4.56. The Morgan fingerprint density at radius 1 is 1.53 bits per heavy atom. The molecule has 0 aliphatic rings. The second-order valence-electron chi connectivity index (χ2n) is 4.54. The van der Waals surface area contributed by atoms with Crippen LogP contribution in [0.1, 0.15) is 25.8 Å². The number of nitrogens with two attached hydrogens (primary N) is 1. The number of amidine groups is 1. The summed E-state index contributed by atoms with van der Waals surface area (Å²) in [5.74, 6) is -0.608. The molecule has 0 amide bonds. The molecule has 0 fully saturated rings. The lowest BCUT2D eigenvalue weighted by atomic mass is 10.1. The van der Waals surface area contributed by atoms with E-state index in [1.165, 1.54) is 0 Å². The monoisotopic (exact) mass is 331 g/mol. The van der Waals surface area contributed by atoms with Crippen molar-refractivity contribution in [2.45, 2.75) is 26.3 Å². The highest BCUT2D eigenvalue weighted by molar-refractivity contribution is 9.10. The van der Waals surface area contributed by atoms with Gasteiger partial charge in [-0.1, -0.05) is 0 Å². The van der Waals surface area contributed by atoms with Crippen molar-refractivity contribution in [2.75, 3.05) is 18.1 Å². The molecular weight excluding hydrogens is 313 g/mol. The maximum atomic E-state index is 14.4. The van der Waals surface area contributed by atoms with Crippen molar-refractivity contribution in [1.82, 2.24) is 0 Å². The molecule has 4 nitrogen and oxygen atoms in total. The Kier molecular flexibility index (Phi) is 5.75. The Morgan fingerprint density at radius 3 is 2.63 bits per heavy atom. The second-order valence-corrected chi connectivity index (χ2v) is 5.33. The number of nitrogen functional groups attached to an aromatic ring is 1. The predicted octanol–water partition coefficient (Wildman–Crippen LogP) is 2.47. The van der Waals surface area contributed by atoms with Gasteiger partial charge in [0.1, 0.15) is 5.84 Å². The Hall–Kier alpha value is -1.14. The largest absolute Gasteiger partial charge is 0.396 e. The smallest absolute Gasteiger partial charge is 0.161 e. The summed E-state index contributed by atoms with van der Waals surface area (Å²) in [5, 5.41) is 16.3. The van der Waals surface area contributed by atoms with Crippen LogP contribution in [0.15, 0.2) is 16.6 Å². The molecule has 0 saturated carbocycles. The third-order valence-corrected chi connectivity index (χ3v) is 3.62. The first-order valence-electron chi connectivity index (χ1n) is 6.10. The van der Waals surface area contributed by atoms with Crippen molar-refractivity contribution in [1.29, 1.82) is 5.41 Å². The van der Waals surface area contributed by atoms with Crippen LogP contribution < -0.4 is 10.6 Å². The van der Waals surface area contributed by atoms with Gasteiger partial charge in [0, 0.05) is 24.8 Å². The Labute approximate surface area is 121 Å². The van der Waals surface area contributed by atoms with Gasteiger partial charge in [0.15, 0.2) is 5.82 Å². The van der Waals surface area contributed by atoms with Crippen molar-refractivity contribution in [3.63, 3.8) is 0 Å². The van der Waals surface area contributed by atoms with Crippen LogP contribution in [0.3, 0.4) is 0 Å². The van der Waals surface area contributed by atoms with Gasteiger partial charge < -0.3 is 15.7 Å². The number of nitrogens with zero attached hydrogens (tertiary/aromatic N) is 1. The molecule has 0 saturated heterocycles. The molecule has 4 N–H and O–H groups in total. The van der Waals surface area contributed by atoms with E-state index in [9.17, 15) is 4.39 Å². The zero-order valence-electron chi connectivity index (χ0n) is 11.1. The summed E-state index contributed by atoms with van der Waals surface area (Å²) in [7, 11) is 0. The molecule has 6 heteroatoms. The maximum Gasteiger partial charge on any atom is 0.161 e. The predicted molar refractivity (Wildman–Crippen MR) is 79.3 cm³/mol. The highest BCUT2D eigenvalue weighted by atomic mass is 79.9. The van der Waals surface area contributed by atoms with E-state index in [0.717, 1.165) is 0 Å². The van der Waals surface area contributed by atoms with Crippen LogP contribution in [0.5, 0.6) is 0 Å². The Morgan fingerprint density at radius 2 is 2.16 bits per heavy atom. The highest BCUT2D eigenvalue weighted by Gasteiger charge is 2.19. The fourth-order valence-electron chi connectivity index (χ4n) is 1.87. The SMILES string of the molecule is CC(C)N(CCCO)c1ccc(C(=N)N)c(Br)c1F. The molecule has 0 spiro atoms. The molecule has 106 valence electrons. The number of benzene rings is 1. The van der Waals surface area contributed by atoms with Crippen LogP contribution in [-0.2, 0) is 0 Å². The summed E-state index contributed by atoms with van der Waals surface area (Å²) in [6, 6.07) is 3.35. The number of hydrogen-bond acceptors (Lipinski definition) is 3. The van der Waals surface area contributed by atoms with Gasteiger partial charge in [-0.05, 0) is 48.3 Å². The highest BCUT2D eigenvalue weighted by Crippen LogP contribution is 2.30. The van der Waals surface area contributed by atoms with Crippen LogP contribution in [0.2, 0.25) is 0 Å². The van der Waals surface area contributed by atoms with Crippen LogP contribution in [0.4, 0.5) is 10.1 Å². The Bertz CT molecular complexity index is 465. The van der Waals surface area contributed by atoms with Crippen molar-refractivity contribution in [2.24, 2.45) is 5.73 Å². The van der Waals surface area contributed by atoms with Gasteiger partial charge >= 0.3 is 0 Å². The standard InChI is InChI=1S/C13H19BrFN3O/c1-8(2)18(6-3-7-19)10-5-4-9(13(16)17)11(14)12(10)15/h4-5,8,19H,3,6-7H2,1-2H3,(H3,16,17). The minimum Gasteiger partial charge on any atom is -0.396 e. The lowest BCUT2D eigenvalue weighted by Crippen LogP contribution is -2.33. The molecule has 19 heavy (non-hydrogen) atoms. The molecule has 0 aliphatic carbocycles. The molecule has 0 heterocycles. The summed E-state index contributed by atoms with van der Waals surface area (Å²) in [4.78, 5) is 1.88. The molecule has 1 rings (SSSR count). The van der Waals surface area contributed by atoms with E-state index in [-0.39, 0.29) is 23.0 Å².